The third kappa shape index (κ3) is 4.33. The van der Waals surface area contributed by atoms with Gasteiger partial charge in [0.05, 0.1) is 0 Å². The molecule has 42 heavy (non-hydrogen) atoms. The Morgan fingerprint density at radius 1 is 0.310 bits per heavy atom. The van der Waals surface area contributed by atoms with Crippen LogP contribution < -0.4 is 0 Å². The monoisotopic (exact) mass is 534 g/mol. The second-order valence-electron chi connectivity index (χ2n) is 11.3. The van der Waals surface area contributed by atoms with Crippen molar-refractivity contribution in [3.8, 4) is 11.1 Å². The maximum atomic E-state index is 2.39. The van der Waals surface area contributed by atoms with Gasteiger partial charge in [-0.05, 0) is 95.4 Å². The molecular formula is C42H30. The summed E-state index contributed by atoms with van der Waals surface area (Å²) in [5.41, 5.74) is 8.05. The molecule has 0 heteroatoms. The zero-order chi connectivity index (χ0) is 27.9. The zero-order valence-corrected chi connectivity index (χ0v) is 23.4. The fourth-order valence-electron chi connectivity index (χ4n) is 6.70. The van der Waals surface area contributed by atoms with Gasteiger partial charge in [0.1, 0.15) is 0 Å². The molecule has 0 fully saturated rings. The number of fused-ring (bicyclic) bond motifs is 6. The van der Waals surface area contributed by atoms with E-state index in [-0.39, 0.29) is 0 Å². The van der Waals surface area contributed by atoms with Gasteiger partial charge < -0.3 is 0 Å². The summed E-state index contributed by atoms with van der Waals surface area (Å²) < 4.78 is 0. The van der Waals surface area contributed by atoms with E-state index in [0.717, 1.165) is 12.8 Å². The molecule has 0 saturated carbocycles. The Labute approximate surface area is 246 Å². The number of hydrogen-bond donors (Lipinski definition) is 0. The normalized spacial score (nSPS) is 11.5. The Kier molecular flexibility index (Phi) is 6.04. The lowest BCUT2D eigenvalue weighted by Crippen LogP contribution is -1.98. The van der Waals surface area contributed by atoms with Crippen LogP contribution in [0.1, 0.15) is 22.3 Å². The molecule has 0 saturated heterocycles. The Hall–Kier alpha value is -5.20. The summed E-state index contributed by atoms with van der Waals surface area (Å²) in [6.07, 6.45) is 1.84. The molecule has 8 aromatic rings. The Bertz CT molecular complexity index is 2240. The van der Waals surface area contributed by atoms with E-state index in [1.54, 1.807) is 0 Å². The van der Waals surface area contributed by atoms with Crippen molar-refractivity contribution in [1.29, 1.82) is 0 Å². The summed E-state index contributed by atoms with van der Waals surface area (Å²) in [6, 6.07) is 57.9. The van der Waals surface area contributed by atoms with Crippen LogP contribution in [-0.4, -0.2) is 0 Å². The van der Waals surface area contributed by atoms with E-state index in [1.165, 1.54) is 76.5 Å². The van der Waals surface area contributed by atoms with Gasteiger partial charge in [0.15, 0.2) is 0 Å². The van der Waals surface area contributed by atoms with E-state index in [0.29, 0.717) is 0 Å². The second kappa shape index (κ2) is 10.3. The molecule has 0 N–H and O–H groups in total. The third-order valence-corrected chi connectivity index (χ3v) is 8.78. The Balaban J connectivity index is 1.14. The minimum atomic E-state index is 0.917. The van der Waals surface area contributed by atoms with Crippen LogP contribution >= 0.6 is 0 Å². The molecule has 0 bridgehead atoms. The summed E-state index contributed by atoms with van der Waals surface area (Å²) in [5, 5.41) is 10.5. The topological polar surface area (TPSA) is 0 Å². The highest BCUT2D eigenvalue weighted by atomic mass is 14.2. The van der Waals surface area contributed by atoms with Gasteiger partial charge in [0.25, 0.3) is 0 Å². The lowest BCUT2D eigenvalue weighted by atomic mass is 9.90. The van der Waals surface area contributed by atoms with Gasteiger partial charge in [-0.1, -0.05) is 152 Å². The summed E-state index contributed by atoms with van der Waals surface area (Å²) in [4.78, 5) is 0. The lowest BCUT2D eigenvalue weighted by Gasteiger charge is -2.14. The van der Waals surface area contributed by atoms with Gasteiger partial charge in [-0.25, -0.2) is 0 Å². The van der Waals surface area contributed by atoms with Gasteiger partial charge in [-0.3, -0.25) is 0 Å². The molecule has 0 heterocycles. The molecule has 0 radical (unpaired) electrons. The molecule has 0 aliphatic carbocycles. The van der Waals surface area contributed by atoms with Crippen molar-refractivity contribution in [3.63, 3.8) is 0 Å². The molecule has 0 spiro atoms. The SMILES string of the molecule is c1ccc(Cc2cc3ccccc3c3ccccc23)c(Cc2ccc(-c3cc4ccccc4c4ccccc34)cc2)c1. The number of rotatable bonds is 5. The lowest BCUT2D eigenvalue weighted by molar-refractivity contribution is 1.10. The molecule has 0 amide bonds. The molecule has 8 rings (SSSR count). The van der Waals surface area contributed by atoms with Crippen LogP contribution in [0.15, 0.2) is 158 Å². The van der Waals surface area contributed by atoms with Crippen molar-refractivity contribution >= 4 is 43.1 Å². The molecule has 0 unspecified atom stereocenters. The highest BCUT2D eigenvalue weighted by Gasteiger charge is 2.11. The molecule has 0 aliphatic rings. The van der Waals surface area contributed by atoms with E-state index in [4.69, 9.17) is 0 Å². The van der Waals surface area contributed by atoms with Gasteiger partial charge in [0, 0.05) is 0 Å². The minimum Gasteiger partial charge on any atom is -0.0620 e. The molecule has 8 aromatic carbocycles. The first-order chi connectivity index (χ1) is 20.8. The quantitative estimate of drug-likeness (QED) is 0.193. The van der Waals surface area contributed by atoms with Crippen molar-refractivity contribution in [3.05, 3.63) is 180 Å². The van der Waals surface area contributed by atoms with Gasteiger partial charge in [0.2, 0.25) is 0 Å². The van der Waals surface area contributed by atoms with E-state index in [9.17, 15) is 0 Å². The van der Waals surface area contributed by atoms with Crippen LogP contribution in [0.2, 0.25) is 0 Å². The minimum absolute atomic E-state index is 0.917. The van der Waals surface area contributed by atoms with Crippen LogP contribution in [0.4, 0.5) is 0 Å². The smallest absolute Gasteiger partial charge is 0.00165 e. The van der Waals surface area contributed by atoms with Crippen LogP contribution in [0, 0.1) is 0 Å². The maximum Gasteiger partial charge on any atom is -0.00165 e. The van der Waals surface area contributed by atoms with Crippen LogP contribution in [-0.2, 0) is 12.8 Å². The summed E-state index contributed by atoms with van der Waals surface area (Å²) in [6.45, 7) is 0. The van der Waals surface area contributed by atoms with Gasteiger partial charge in [-0.15, -0.1) is 0 Å². The molecule has 0 aromatic heterocycles. The van der Waals surface area contributed by atoms with E-state index in [1.807, 2.05) is 0 Å². The van der Waals surface area contributed by atoms with Crippen molar-refractivity contribution in [2.45, 2.75) is 12.8 Å². The molecule has 0 aliphatic heterocycles. The van der Waals surface area contributed by atoms with E-state index < -0.39 is 0 Å². The first-order valence-corrected chi connectivity index (χ1v) is 14.8. The Morgan fingerprint density at radius 3 is 1.45 bits per heavy atom. The van der Waals surface area contributed by atoms with Crippen LogP contribution in [0.25, 0.3) is 54.2 Å². The molecule has 198 valence electrons. The largest absolute Gasteiger partial charge is 0.0620 e. The van der Waals surface area contributed by atoms with Crippen molar-refractivity contribution in [2.75, 3.05) is 0 Å². The van der Waals surface area contributed by atoms with E-state index >= 15 is 0 Å². The van der Waals surface area contributed by atoms with Gasteiger partial charge >= 0.3 is 0 Å². The summed E-state index contributed by atoms with van der Waals surface area (Å²) >= 11 is 0. The van der Waals surface area contributed by atoms with Crippen molar-refractivity contribution in [1.82, 2.24) is 0 Å². The standard InChI is InChI=1S/C42H30/c1-2-12-32(26-35-27-33-13-3-5-15-36(33)39-18-8-7-17-38(35)39)31(11-1)25-29-21-23-30(24-22-29)42-28-34-14-4-6-16-37(34)40-19-9-10-20-41(40)42/h1-24,27-28H,25-26H2. The molecule has 0 atom stereocenters. The predicted molar refractivity (Wildman–Crippen MR) is 180 cm³/mol. The highest BCUT2D eigenvalue weighted by Crippen LogP contribution is 2.35. The van der Waals surface area contributed by atoms with Crippen LogP contribution in [0.3, 0.4) is 0 Å². The molecular weight excluding hydrogens is 504 g/mol. The number of hydrogen-bond acceptors (Lipinski definition) is 0. The predicted octanol–water partition coefficient (Wildman–Crippen LogP) is 11.1. The fraction of sp³-hybridized carbons (Fsp3) is 0.0476. The van der Waals surface area contributed by atoms with Crippen LogP contribution in [0.5, 0.6) is 0 Å². The average molecular weight is 535 g/mol. The van der Waals surface area contributed by atoms with Gasteiger partial charge in [-0.2, -0.15) is 0 Å². The first-order valence-electron chi connectivity index (χ1n) is 14.8. The van der Waals surface area contributed by atoms with Crippen molar-refractivity contribution in [2.24, 2.45) is 0 Å². The molecule has 0 nitrogen and oxygen atoms in total. The number of benzene rings is 8. The van der Waals surface area contributed by atoms with Crippen molar-refractivity contribution < 1.29 is 0 Å². The summed E-state index contributed by atoms with van der Waals surface area (Å²) in [5.74, 6) is 0. The first kappa shape index (κ1) is 24.6. The fourth-order valence-corrected chi connectivity index (χ4v) is 6.70. The zero-order valence-electron chi connectivity index (χ0n) is 23.4. The van der Waals surface area contributed by atoms with E-state index in [2.05, 4.69) is 158 Å². The average Bonchev–Trinajstić information content (AvgIpc) is 3.06. The summed E-state index contributed by atoms with van der Waals surface area (Å²) in [7, 11) is 0. The maximum absolute atomic E-state index is 2.39. The highest BCUT2D eigenvalue weighted by molar-refractivity contribution is 6.13. The third-order valence-electron chi connectivity index (χ3n) is 8.78. The Morgan fingerprint density at radius 2 is 0.786 bits per heavy atom. The second-order valence-corrected chi connectivity index (χ2v) is 11.3.